The van der Waals surface area contributed by atoms with Gasteiger partial charge < -0.3 is 10.2 Å². The summed E-state index contributed by atoms with van der Waals surface area (Å²) in [5.41, 5.74) is -0.841. The minimum Gasteiger partial charge on any atom is -0.316 e. The van der Waals surface area contributed by atoms with Crippen LogP contribution in [0.4, 0.5) is 4.39 Å². The Morgan fingerprint density at radius 1 is 1.25 bits per heavy atom. The molecule has 2 aliphatic heterocycles. The monoisotopic (exact) mass is 226 g/mol. The van der Waals surface area contributed by atoms with E-state index in [1.54, 1.807) is 0 Å². The van der Waals surface area contributed by atoms with E-state index in [1.165, 1.54) is 6.42 Å². The molecule has 0 aromatic rings. The summed E-state index contributed by atoms with van der Waals surface area (Å²) >= 11 is 0. The lowest BCUT2D eigenvalue weighted by atomic mass is 9.81. The van der Waals surface area contributed by atoms with Gasteiger partial charge in [-0.15, -0.1) is 0 Å². The number of hydrogen-bond donors (Lipinski definition) is 1. The Kier molecular flexibility index (Phi) is 2.71. The highest BCUT2D eigenvalue weighted by molar-refractivity contribution is 5.03. The van der Waals surface area contributed by atoms with Crippen LogP contribution in [0.5, 0.6) is 0 Å². The summed E-state index contributed by atoms with van der Waals surface area (Å²) in [4.78, 5) is 2.31. The second-order valence-electron chi connectivity index (χ2n) is 6.22. The highest BCUT2D eigenvalue weighted by Crippen LogP contribution is 2.49. The van der Waals surface area contributed by atoms with E-state index < -0.39 is 5.67 Å². The van der Waals surface area contributed by atoms with E-state index in [9.17, 15) is 0 Å². The molecule has 1 saturated carbocycles. The molecule has 1 aliphatic carbocycles. The van der Waals surface area contributed by atoms with Gasteiger partial charge in [0.15, 0.2) is 0 Å². The molecule has 3 heteroatoms. The first-order chi connectivity index (χ1) is 7.67. The molecular weight excluding hydrogens is 203 g/mol. The zero-order valence-corrected chi connectivity index (χ0v) is 10.2. The van der Waals surface area contributed by atoms with Gasteiger partial charge in [-0.05, 0) is 64.2 Å². The first-order valence-corrected chi connectivity index (χ1v) is 6.75. The topological polar surface area (TPSA) is 15.3 Å². The SMILES string of the molecule is CN1CCCC(C2(F)CC3CNCC3C2)C1. The second-order valence-corrected chi connectivity index (χ2v) is 6.22. The zero-order chi connectivity index (χ0) is 11.2. The smallest absolute Gasteiger partial charge is 0.115 e. The van der Waals surface area contributed by atoms with Crippen LogP contribution in [0.3, 0.4) is 0 Å². The predicted octanol–water partition coefficient (Wildman–Crippen LogP) is 1.67. The van der Waals surface area contributed by atoms with Crippen LogP contribution in [0.2, 0.25) is 0 Å². The van der Waals surface area contributed by atoms with E-state index in [0.29, 0.717) is 17.8 Å². The van der Waals surface area contributed by atoms with Crippen LogP contribution in [0, 0.1) is 17.8 Å². The summed E-state index contributed by atoms with van der Waals surface area (Å²) in [7, 11) is 2.13. The van der Waals surface area contributed by atoms with Crippen molar-refractivity contribution < 1.29 is 4.39 Å². The van der Waals surface area contributed by atoms with Gasteiger partial charge in [0.2, 0.25) is 0 Å². The molecule has 92 valence electrons. The van der Waals surface area contributed by atoms with Gasteiger partial charge in [0.1, 0.15) is 5.67 Å². The third kappa shape index (κ3) is 1.78. The molecule has 2 saturated heterocycles. The lowest BCUT2D eigenvalue weighted by Crippen LogP contribution is -2.43. The molecule has 0 bridgehead atoms. The fourth-order valence-electron chi connectivity index (χ4n) is 4.14. The first kappa shape index (κ1) is 11.0. The summed E-state index contributed by atoms with van der Waals surface area (Å²) in [6, 6.07) is 0. The maximum Gasteiger partial charge on any atom is 0.115 e. The molecule has 0 aromatic carbocycles. The lowest BCUT2D eigenvalue weighted by molar-refractivity contribution is 0.0318. The number of nitrogens with one attached hydrogen (secondary N) is 1. The standard InChI is InChI=1S/C13H23FN2/c1-16-4-2-3-12(9-16)13(14)5-10-7-15-8-11(10)6-13/h10-12,15H,2-9H2,1H3. The Hall–Kier alpha value is -0.150. The van der Waals surface area contributed by atoms with Crippen LogP contribution >= 0.6 is 0 Å². The van der Waals surface area contributed by atoms with Crippen molar-refractivity contribution in [2.45, 2.75) is 31.4 Å². The fourth-order valence-corrected chi connectivity index (χ4v) is 4.14. The number of nitrogens with zero attached hydrogens (tertiary/aromatic N) is 1. The molecule has 3 atom stereocenters. The number of hydrogen-bond acceptors (Lipinski definition) is 2. The van der Waals surface area contributed by atoms with E-state index in [-0.39, 0.29) is 0 Å². The van der Waals surface area contributed by atoms with Crippen molar-refractivity contribution in [1.82, 2.24) is 10.2 Å². The predicted molar refractivity (Wildman–Crippen MR) is 63.1 cm³/mol. The molecule has 0 spiro atoms. The van der Waals surface area contributed by atoms with Crippen molar-refractivity contribution in [3.63, 3.8) is 0 Å². The fraction of sp³-hybridized carbons (Fsp3) is 1.00. The maximum absolute atomic E-state index is 15.0. The van der Waals surface area contributed by atoms with Crippen molar-refractivity contribution in [3.8, 4) is 0 Å². The van der Waals surface area contributed by atoms with Gasteiger partial charge >= 0.3 is 0 Å². The van der Waals surface area contributed by atoms with Gasteiger partial charge in [0.25, 0.3) is 0 Å². The number of rotatable bonds is 1. The quantitative estimate of drug-likeness (QED) is 0.731. The molecule has 3 rings (SSSR count). The van der Waals surface area contributed by atoms with Crippen LogP contribution in [0.15, 0.2) is 0 Å². The van der Waals surface area contributed by atoms with Crippen molar-refractivity contribution in [3.05, 3.63) is 0 Å². The molecule has 2 heterocycles. The van der Waals surface area contributed by atoms with E-state index in [1.807, 2.05) is 0 Å². The van der Waals surface area contributed by atoms with E-state index >= 15 is 4.39 Å². The summed E-state index contributed by atoms with van der Waals surface area (Å²) in [6.07, 6.45) is 3.93. The number of piperidine rings is 1. The molecule has 3 aliphatic rings. The van der Waals surface area contributed by atoms with Crippen LogP contribution in [-0.2, 0) is 0 Å². The van der Waals surface area contributed by atoms with Gasteiger partial charge in [-0.25, -0.2) is 4.39 Å². The van der Waals surface area contributed by atoms with E-state index in [2.05, 4.69) is 17.3 Å². The number of halogens is 1. The Balaban J connectivity index is 1.69. The van der Waals surface area contributed by atoms with Gasteiger partial charge in [0, 0.05) is 12.5 Å². The largest absolute Gasteiger partial charge is 0.316 e. The molecule has 0 aromatic heterocycles. The molecule has 16 heavy (non-hydrogen) atoms. The summed E-state index contributed by atoms with van der Waals surface area (Å²) in [6.45, 7) is 4.24. The molecule has 1 N–H and O–H groups in total. The Morgan fingerprint density at radius 2 is 1.94 bits per heavy atom. The molecule has 3 fully saturated rings. The van der Waals surface area contributed by atoms with E-state index in [4.69, 9.17) is 0 Å². The summed E-state index contributed by atoms with van der Waals surface area (Å²) < 4.78 is 15.0. The van der Waals surface area contributed by atoms with Crippen molar-refractivity contribution in [2.75, 3.05) is 33.2 Å². The van der Waals surface area contributed by atoms with Crippen molar-refractivity contribution in [2.24, 2.45) is 17.8 Å². The minimum absolute atomic E-state index is 0.303. The molecular formula is C13H23FN2. The third-order valence-corrected chi connectivity index (χ3v) is 5.04. The molecule has 0 amide bonds. The highest BCUT2D eigenvalue weighted by atomic mass is 19.1. The van der Waals surface area contributed by atoms with Gasteiger partial charge in [-0.2, -0.15) is 0 Å². The van der Waals surface area contributed by atoms with Gasteiger partial charge in [-0.3, -0.25) is 0 Å². The van der Waals surface area contributed by atoms with E-state index in [0.717, 1.165) is 45.4 Å². The molecule has 0 radical (unpaired) electrons. The normalized spacial score (nSPS) is 49.5. The Morgan fingerprint density at radius 3 is 2.56 bits per heavy atom. The minimum atomic E-state index is -0.841. The zero-order valence-electron chi connectivity index (χ0n) is 10.2. The Bertz CT molecular complexity index is 257. The van der Waals surface area contributed by atoms with Gasteiger partial charge in [-0.1, -0.05) is 0 Å². The average molecular weight is 226 g/mol. The summed E-state index contributed by atoms with van der Waals surface area (Å²) in [5, 5.41) is 3.40. The van der Waals surface area contributed by atoms with Crippen molar-refractivity contribution in [1.29, 1.82) is 0 Å². The van der Waals surface area contributed by atoms with Crippen LogP contribution in [0.1, 0.15) is 25.7 Å². The van der Waals surface area contributed by atoms with Crippen molar-refractivity contribution >= 4 is 0 Å². The second kappa shape index (κ2) is 3.95. The summed E-state index contributed by atoms with van der Waals surface area (Å²) in [5.74, 6) is 1.55. The number of fused-ring (bicyclic) bond motifs is 1. The van der Waals surface area contributed by atoms with Crippen LogP contribution in [0.25, 0.3) is 0 Å². The third-order valence-electron chi connectivity index (χ3n) is 5.04. The number of likely N-dealkylation sites (tertiary alicyclic amines) is 1. The van der Waals surface area contributed by atoms with Crippen LogP contribution < -0.4 is 5.32 Å². The Labute approximate surface area is 97.6 Å². The highest BCUT2D eigenvalue weighted by Gasteiger charge is 2.51. The average Bonchev–Trinajstić information content (AvgIpc) is 2.76. The van der Waals surface area contributed by atoms with Gasteiger partial charge in [0.05, 0.1) is 0 Å². The lowest BCUT2D eigenvalue weighted by Gasteiger charge is -2.38. The van der Waals surface area contributed by atoms with Crippen LogP contribution in [-0.4, -0.2) is 43.8 Å². The number of alkyl halides is 1. The molecule has 2 nitrogen and oxygen atoms in total. The first-order valence-electron chi connectivity index (χ1n) is 6.75. The molecule has 3 unspecified atom stereocenters. The maximum atomic E-state index is 15.0.